The lowest BCUT2D eigenvalue weighted by Crippen LogP contribution is -2.31. The van der Waals surface area contributed by atoms with Crippen molar-refractivity contribution in [3.8, 4) is 5.75 Å². The van der Waals surface area contributed by atoms with Gasteiger partial charge in [-0.05, 0) is 96.4 Å². The van der Waals surface area contributed by atoms with Crippen LogP contribution in [0.5, 0.6) is 5.75 Å². The zero-order valence-corrected chi connectivity index (χ0v) is 20.5. The van der Waals surface area contributed by atoms with E-state index in [4.69, 9.17) is 9.84 Å². The summed E-state index contributed by atoms with van der Waals surface area (Å²) in [5, 5.41) is 11.7. The zero-order chi connectivity index (χ0) is 23.9. The molecule has 2 aromatic rings. The number of fused-ring (bicyclic) bond motifs is 1. The Balaban J connectivity index is 1.67. The van der Waals surface area contributed by atoms with Crippen LogP contribution in [-0.4, -0.2) is 22.6 Å². The van der Waals surface area contributed by atoms with Crippen molar-refractivity contribution in [1.29, 1.82) is 0 Å². The number of carbonyl (C=O) groups is 2. The highest BCUT2D eigenvalue weighted by molar-refractivity contribution is 9.10. The van der Waals surface area contributed by atoms with Crippen molar-refractivity contribution in [2.75, 3.05) is 5.32 Å². The Morgan fingerprint density at radius 3 is 2.64 bits per heavy atom. The molecule has 0 saturated heterocycles. The van der Waals surface area contributed by atoms with Gasteiger partial charge < -0.3 is 15.2 Å². The lowest BCUT2D eigenvalue weighted by Gasteiger charge is -2.37. The molecule has 2 aromatic carbocycles. The van der Waals surface area contributed by atoms with Gasteiger partial charge in [0.2, 0.25) is 0 Å². The van der Waals surface area contributed by atoms with Crippen molar-refractivity contribution in [2.24, 2.45) is 11.8 Å². The molecule has 4 rings (SSSR count). The van der Waals surface area contributed by atoms with Crippen LogP contribution in [0.15, 0.2) is 40.9 Å². The molecule has 1 amide bonds. The molecule has 7 heteroatoms. The van der Waals surface area contributed by atoms with Gasteiger partial charge >= 0.3 is 5.97 Å². The first-order valence-electron chi connectivity index (χ1n) is 11.1. The number of rotatable bonds is 4. The monoisotopic (exact) mass is 515 g/mol. The van der Waals surface area contributed by atoms with Crippen LogP contribution in [0.4, 0.5) is 10.1 Å². The average molecular weight is 516 g/mol. The number of nitrogens with one attached hydrogen (secondary N) is 1. The molecule has 0 bridgehead atoms. The van der Waals surface area contributed by atoms with Crippen LogP contribution in [0.25, 0.3) is 5.57 Å². The number of hydrogen-bond donors (Lipinski definition) is 2. The number of allylic oxidation sites excluding steroid dienone is 1. The molecule has 1 aliphatic carbocycles. The number of aromatic carboxylic acids is 1. The first kappa shape index (κ1) is 23.5. The number of carbonyl (C=O) groups excluding carboxylic acids is 1. The Morgan fingerprint density at radius 2 is 1.97 bits per heavy atom. The third kappa shape index (κ3) is 4.98. The van der Waals surface area contributed by atoms with E-state index >= 15 is 0 Å². The summed E-state index contributed by atoms with van der Waals surface area (Å²) in [5.41, 5.74) is 1.80. The van der Waals surface area contributed by atoms with E-state index in [1.54, 1.807) is 6.07 Å². The van der Waals surface area contributed by atoms with E-state index in [1.165, 1.54) is 24.5 Å². The molecule has 174 valence electrons. The molecule has 2 aliphatic rings. The smallest absolute Gasteiger partial charge is 0.338 e. The van der Waals surface area contributed by atoms with E-state index in [1.807, 2.05) is 19.9 Å². The quantitative estimate of drug-likeness (QED) is 0.463. The molecule has 2 atom stereocenters. The van der Waals surface area contributed by atoms with E-state index in [-0.39, 0.29) is 5.69 Å². The maximum absolute atomic E-state index is 14.0. The number of amides is 1. The van der Waals surface area contributed by atoms with Crippen LogP contribution >= 0.6 is 15.9 Å². The van der Waals surface area contributed by atoms with Gasteiger partial charge in [0.25, 0.3) is 5.91 Å². The largest absolute Gasteiger partial charge is 0.482 e. The third-order valence-corrected chi connectivity index (χ3v) is 6.91. The fraction of sp³-hybridized carbons (Fsp3) is 0.385. The molecule has 5 nitrogen and oxygen atoms in total. The predicted octanol–water partition coefficient (Wildman–Crippen LogP) is 6.92. The van der Waals surface area contributed by atoms with E-state index < -0.39 is 28.9 Å². The SMILES string of the molecule is CC1CCCC(C2=CC(C)(C)Oc3c(Br)cc(C(=O)Nc4ccc(C(=O)O)c(F)c4)cc32)C1. The number of carboxylic acid groups (broad SMARTS) is 1. The summed E-state index contributed by atoms with van der Waals surface area (Å²) in [5.74, 6) is -0.898. The maximum Gasteiger partial charge on any atom is 0.338 e. The van der Waals surface area contributed by atoms with Crippen LogP contribution in [0.1, 0.15) is 72.7 Å². The van der Waals surface area contributed by atoms with Crippen molar-refractivity contribution in [3.63, 3.8) is 0 Å². The lowest BCUT2D eigenvalue weighted by atomic mass is 9.74. The fourth-order valence-electron chi connectivity index (χ4n) is 4.81. The molecule has 1 heterocycles. The number of carboxylic acids is 1. The van der Waals surface area contributed by atoms with Gasteiger partial charge in [-0.25, -0.2) is 9.18 Å². The summed E-state index contributed by atoms with van der Waals surface area (Å²) in [7, 11) is 0. The molecular formula is C26H27BrFNO4. The summed E-state index contributed by atoms with van der Waals surface area (Å²) >= 11 is 3.58. The molecule has 0 radical (unpaired) electrons. The van der Waals surface area contributed by atoms with Gasteiger partial charge in [0, 0.05) is 16.8 Å². The second-order valence-electron chi connectivity index (χ2n) is 9.56. The number of benzene rings is 2. The van der Waals surface area contributed by atoms with Crippen molar-refractivity contribution in [1.82, 2.24) is 0 Å². The predicted molar refractivity (Wildman–Crippen MR) is 129 cm³/mol. The van der Waals surface area contributed by atoms with Gasteiger partial charge in [-0.15, -0.1) is 0 Å². The third-order valence-electron chi connectivity index (χ3n) is 6.32. The highest BCUT2D eigenvalue weighted by Gasteiger charge is 2.34. The molecule has 1 aliphatic heterocycles. The van der Waals surface area contributed by atoms with Crippen LogP contribution in [0.2, 0.25) is 0 Å². The van der Waals surface area contributed by atoms with Gasteiger partial charge in [-0.3, -0.25) is 4.79 Å². The number of hydrogen-bond acceptors (Lipinski definition) is 3. The summed E-state index contributed by atoms with van der Waals surface area (Å²) < 4.78 is 21.0. The van der Waals surface area contributed by atoms with Gasteiger partial charge in [0.05, 0.1) is 10.0 Å². The second kappa shape index (κ2) is 8.93. The van der Waals surface area contributed by atoms with E-state index in [0.717, 1.165) is 36.3 Å². The number of halogens is 2. The van der Waals surface area contributed by atoms with Gasteiger partial charge in [-0.2, -0.15) is 0 Å². The molecule has 0 aromatic heterocycles. The Morgan fingerprint density at radius 1 is 1.21 bits per heavy atom. The van der Waals surface area contributed by atoms with Crippen LogP contribution in [0, 0.1) is 17.7 Å². The molecule has 1 saturated carbocycles. The van der Waals surface area contributed by atoms with E-state index in [2.05, 4.69) is 34.2 Å². The van der Waals surface area contributed by atoms with Gasteiger partial charge in [-0.1, -0.05) is 19.8 Å². The number of anilines is 1. The van der Waals surface area contributed by atoms with E-state index in [9.17, 15) is 14.0 Å². The highest BCUT2D eigenvalue weighted by Crippen LogP contribution is 2.48. The van der Waals surface area contributed by atoms with Gasteiger partial charge in [0.1, 0.15) is 17.2 Å². The van der Waals surface area contributed by atoms with Crippen molar-refractivity contribution in [3.05, 3.63) is 63.4 Å². The van der Waals surface area contributed by atoms with Crippen molar-refractivity contribution < 1.29 is 23.8 Å². The molecule has 2 unspecified atom stereocenters. The molecular weight excluding hydrogens is 489 g/mol. The lowest BCUT2D eigenvalue weighted by molar-refractivity contribution is 0.0691. The first-order chi connectivity index (χ1) is 15.5. The minimum atomic E-state index is -1.36. The molecule has 0 spiro atoms. The number of ether oxygens (including phenoxy) is 1. The summed E-state index contributed by atoms with van der Waals surface area (Å²) in [6, 6.07) is 7.04. The normalized spacial score (nSPS) is 21.4. The molecule has 33 heavy (non-hydrogen) atoms. The minimum Gasteiger partial charge on any atom is -0.482 e. The van der Waals surface area contributed by atoms with Crippen molar-refractivity contribution >= 4 is 39.1 Å². The Kier molecular flexibility index (Phi) is 6.36. The van der Waals surface area contributed by atoms with Crippen LogP contribution in [-0.2, 0) is 0 Å². The Hall–Kier alpha value is -2.67. The Labute approximate surface area is 201 Å². The van der Waals surface area contributed by atoms with Crippen LogP contribution < -0.4 is 10.1 Å². The van der Waals surface area contributed by atoms with Gasteiger partial charge in [0.15, 0.2) is 0 Å². The summed E-state index contributed by atoms with van der Waals surface area (Å²) in [6.07, 6.45) is 6.80. The summed E-state index contributed by atoms with van der Waals surface area (Å²) in [6.45, 7) is 6.35. The zero-order valence-electron chi connectivity index (χ0n) is 18.9. The molecule has 2 N–H and O–H groups in total. The second-order valence-corrected chi connectivity index (χ2v) is 10.4. The molecule has 1 fully saturated rings. The van der Waals surface area contributed by atoms with Crippen molar-refractivity contribution in [2.45, 2.75) is 52.1 Å². The van der Waals surface area contributed by atoms with Crippen LogP contribution in [0.3, 0.4) is 0 Å². The highest BCUT2D eigenvalue weighted by atomic mass is 79.9. The topological polar surface area (TPSA) is 75.6 Å². The summed E-state index contributed by atoms with van der Waals surface area (Å²) in [4.78, 5) is 24.0. The first-order valence-corrected chi connectivity index (χ1v) is 11.9. The fourth-order valence-corrected chi connectivity index (χ4v) is 5.35. The minimum absolute atomic E-state index is 0.186. The standard InChI is InChI=1S/C26H27BrFNO4/c1-14-5-4-6-15(9-14)20-13-26(2,3)33-23-19(20)10-16(11-21(23)27)24(30)29-17-7-8-18(25(31)32)22(28)12-17/h7-8,10-15H,4-6,9H2,1-3H3,(H,29,30)(H,31,32). The maximum atomic E-state index is 14.0. The average Bonchev–Trinajstić information content (AvgIpc) is 2.73. The Bertz CT molecular complexity index is 1160. The van der Waals surface area contributed by atoms with E-state index in [0.29, 0.717) is 21.9 Å².